The van der Waals surface area contributed by atoms with Crippen LogP contribution in [-0.2, 0) is 10.3 Å². The van der Waals surface area contributed by atoms with Crippen molar-refractivity contribution in [3.05, 3.63) is 66.0 Å². The predicted octanol–water partition coefficient (Wildman–Crippen LogP) is 3.08. The van der Waals surface area contributed by atoms with E-state index in [1.807, 2.05) is 23.1 Å². The number of hydrogen-bond donors (Lipinski definition) is 1. The predicted molar refractivity (Wildman–Crippen MR) is 150 cm³/mol. The molecule has 3 unspecified atom stereocenters. The molecule has 3 fully saturated rings. The van der Waals surface area contributed by atoms with Gasteiger partial charge in [-0.15, -0.1) is 4.52 Å². The van der Waals surface area contributed by atoms with E-state index >= 15 is 0 Å². The molecule has 0 radical (unpaired) electrons. The Labute approximate surface area is 239 Å². The number of fused-ring (bicyclic) bond motifs is 2. The third-order valence-corrected chi connectivity index (χ3v) is 9.97. The Bertz CT molecular complexity index is 1750. The zero-order valence-electron chi connectivity index (χ0n) is 22.5. The zero-order valence-corrected chi connectivity index (χ0v) is 23.3. The van der Waals surface area contributed by atoms with Gasteiger partial charge in [0.25, 0.3) is 11.7 Å². The van der Waals surface area contributed by atoms with Crippen LogP contribution in [0.2, 0.25) is 0 Å². The van der Waals surface area contributed by atoms with Gasteiger partial charge in [-0.2, -0.15) is 10.2 Å². The number of aromatic nitrogens is 5. The van der Waals surface area contributed by atoms with Gasteiger partial charge in [-0.3, -0.25) is 14.5 Å². The maximum absolute atomic E-state index is 13.8. The van der Waals surface area contributed by atoms with Crippen LogP contribution in [0.1, 0.15) is 34.6 Å². The summed E-state index contributed by atoms with van der Waals surface area (Å²) in [4.78, 5) is 43.7. The fraction of sp³-hybridized carbons (Fsp3) is 0.393. The Morgan fingerprint density at radius 2 is 1.98 bits per heavy atom. The zero-order chi connectivity index (χ0) is 27.9. The van der Waals surface area contributed by atoms with E-state index in [4.69, 9.17) is 9.85 Å². The maximum Gasteiger partial charge on any atom is 0.295 e. The van der Waals surface area contributed by atoms with Gasteiger partial charge < -0.3 is 14.6 Å². The molecule has 4 aliphatic rings. The van der Waals surface area contributed by atoms with Crippen molar-refractivity contribution in [1.29, 1.82) is 0 Å². The van der Waals surface area contributed by atoms with E-state index in [0.717, 1.165) is 19.4 Å². The Morgan fingerprint density at radius 1 is 1.15 bits per heavy atom. The summed E-state index contributed by atoms with van der Waals surface area (Å²) in [5.41, 5.74) is 1.35. The second kappa shape index (κ2) is 8.70. The smallest absolute Gasteiger partial charge is 0.295 e. The number of aryl methyl sites for hydroxylation is 1. The molecule has 1 spiro atoms. The van der Waals surface area contributed by atoms with Crippen molar-refractivity contribution in [2.75, 3.05) is 26.7 Å². The molecule has 1 N–H and O–H groups in total. The van der Waals surface area contributed by atoms with Crippen molar-refractivity contribution >= 4 is 34.5 Å². The molecule has 3 aromatic heterocycles. The van der Waals surface area contributed by atoms with Crippen molar-refractivity contribution in [3.8, 4) is 11.6 Å². The number of rotatable bonds is 6. The normalized spacial score (nSPS) is 26.0. The number of amides is 1. The number of carbonyl (C=O) groups is 2. The molecule has 2 aliphatic carbocycles. The molecular formula is C28H27N9O3S. The quantitative estimate of drug-likeness (QED) is 0.213. The number of benzene rings is 1. The van der Waals surface area contributed by atoms with Gasteiger partial charge in [-0.05, 0) is 25.3 Å². The Hall–Kier alpha value is -4.10. The van der Waals surface area contributed by atoms with E-state index in [-0.39, 0.29) is 27.9 Å². The molecule has 41 heavy (non-hydrogen) atoms. The third-order valence-electron chi connectivity index (χ3n) is 8.95. The van der Waals surface area contributed by atoms with Crippen molar-refractivity contribution in [2.24, 2.45) is 9.63 Å². The molecule has 8 rings (SSSR count). The van der Waals surface area contributed by atoms with E-state index in [1.165, 1.54) is 23.6 Å². The summed E-state index contributed by atoms with van der Waals surface area (Å²) in [5, 5.41) is 9.84. The number of piperazine rings is 1. The van der Waals surface area contributed by atoms with E-state index in [1.54, 1.807) is 31.4 Å². The minimum absolute atomic E-state index is 0.238. The minimum Gasteiger partial charge on any atom is -0.494 e. The summed E-state index contributed by atoms with van der Waals surface area (Å²) in [6.07, 6.45) is 6.42. The molecule has 5 heterocycles. The molecule has 1 amide bonds. The first-order valence-electron chi connectivity index (χ1n) is 13.6. The van der Waals surface area contributed by atoms with Crippen LogP contribution in [0.5, 0.6) is 5.75 Å². The Morgan fingerprint density at radius 3 is 2.71 bits per heavy atom. The highest BCUT2D eigenvalue weighted by atomic mass is 32.2. The summed E-state index contributed by atoms with van der Waals surface area (Å²) in [5.74, 6) is 0.422. The standard InChI is InChI=1S/C28H27N9O3S/c1-16-31-15-37(32-16)25-21-20(19(40-2)13-30-25)18(12-29-21)22(38)26(39)36-11-10-35(14-27(36)8-9-27)23-24-28(23,33-34-41-24)17-6-4-3-5-7-17/h3-7,12-13,15,23-24,29H,8-11,14H2,1-2H3. The van der Waals surface area contributed by atoms with Crippen molar-refractivity contribution in [2.45, 2.75) is 42.1 Å². The molecule has 2 saturated carbocycles. The highest BCUT2D eigenvalue weighted by Gasteiger charge is 2.74. The van der Waals surface area contributed by atoms with Gasteiger partial charge in [-0.25, -0.2) is 14.6 Å². The van der Waals surface area contributed by atoms with Crippen LogP contribution in [0, 0.1) is 6.92 Å². The number of pyridine rings is 1. The lowest BCUT2D eigenvalue weighted by Crippen LogP contribution is -2.59. The first-order valence-corrected chi connectivity index (χ1v) is 14.5. The summed E-state index contributed by atoms with van der Waals surface area (Å²) in [6, 6.07) is 10.6. The van der Waals surface area contributed by atoms with Gasteiger partial charge in [0, 0.05) is 37.8 Å². The topological polar surface area (TPSA) is 134 Å². The average Bonchev–Trinajstić information content (AvgIpc) is 3.60. The van der Waals surface area contributed by atoms with Crippen LogP contribution in [0.25, 0.3) is 16.7 Å². The molecule has 4 aromatic rings. The van der Waals surface area contributed by atoms with Gasteiger partial charge in [0.15, 0.2) is 5.82 Å². The van der Waals surface area contributed by atoms with Crippen molar-refractivity contribution < 1.29 is 14.3 Å². The summed E-state index contributed by atoms with van der Waals surface area (Å²) in [6.45, 7) is 3.69. The SMILES string of the molecule is COc1cnc(-n2cnc(C)n2)c2[nH]cc(C(=O)C(=O)N3CCN(C4C5SN=NC54c4ccccc4)CC34CC4)c12. The molecule has 12 nitrogen and oxygen atoms in total. The van der Waals surface area contributed by atoms with Gasteiger partial charge >= 0.3 is 0 Å². The number of hydrogen-bond acceptors (Lipinski definition) is 10. The lowest BCUT2D eigenvalue weighted by atomic mass is 10.0. The van der Waals surface area contributed by atoms with Crippen LogP contribution in [0.4, 0.5) is 0 Å². The average molecular weight is 570 g/mol. The number of H-pyrrole nitrogens is 1. The van der Waals surface area contributed by atoms with Gasteiger partial charge in [0.1, 0.15) is 23.4 Å². The monoisotopic (exact) mass is 569 g/mol. The van der Waals surface area contributed by atoms with Crippen molar-refractivity contribution in [3.63, 3.8) is 0 Å². The van der Waals surface area contributed by atoms with Crippen LogP contribution >= 0.6 is 11.9 Å². The molecular weight excluding hydrogens is 542 g/mol. The number of nitrogens with zero attached hydrogens (tertiary/aromatic N) is 8. The first kappa shape index (κ1) is 24.7. The molecule has 2 aliphatic heterocycles. The van der Waals surface area contributed by atoms with E-state index in [0.29, 0.717) is 41.4 Å². The van der Waals surface area contributed by atoms with Gasteiger partial charge in [0.05, 0.1) is 46.6 Å². The van der Waals surface area contributed by atoms with E-state index < -0.39 is 11.7 Å². The fourth-order valence-corrected chi connectivity index (χ4v) is 7.91. The van der Waals surface area contributed by atoms with Gasteiger partial charge in [0.2, 0.25) is 0 Å². The summed E-state index contributed by atoms with van der Waals surface area (Å²) in [7, 11) is 1.52. The highest BCUT2D eigenvalue weighted by molar-refractivity contribution is 7.99. The number of carbonyl (C=O) groups excluding carboxylic acids is 2. The number of Topliss-reactive ketones (excluding diaryl/α,β-unsaturated/α-hetero) is 1. The van der Waals surface area contributed by atoms with Gasteiger partial charge in [-0.1, -0.05) is 30.3 Å². The molecule has 1 saturated heterocycles. The Balaban J connectivity index is 1.07. The lowest BCUT2D eigenvalue weighted by Gasteiger charge is -2.42. The third kappa shape index (κ3) is 3.48. The molecule has 13 heteroatoms. The van der Waals surface area contributed by atoms with Crippen LogP contribution in [0.3, 0.4) is 0 Å². The Kier molecular flexibility index (Phi) is 5.24. The number of nitrogens with one attached hydrogen (secondary N) is 1. The number of ether oxygens (including phenoxy) is 1. The summed E-state index contributed by atoms with van der Waals surface area (Å²) < 4.78 is 11.4. The number of ketones is 1. The van der Waals surface area contributed by atoms with Crippen LogP contribution in [0.15, 0.2) is 58.7 Å². The van der Waals surface area contributed by atoms with E-state index in [2.05, 4.69) is 41.6 Å². The molecule has 1 aromatic carbocycles. The molecule has 0 bridgehead atoms. The number of aromatic amines is 1. The number of methoxy groups -OCH3 is 1. The second-order valence-electron chi connectivity index (χ2n) is 11.2. The van der Waals surface area contributed by atoms with Crippen LogP contribution in [-0.4, -0.2) is 89.8 Å². The maximum atomic E-state index is 13.8. The second-order valence-corrected chi connectivity index (χ2v) is 12.0. The first-order chi connectivity index (χ1) is 20.0. The fourth-order valence-electron chi connectivity index (χ4n) is 6.72. The molecule has 3 atom stereocenters. The summed E-state index contributed by atoms with van der Waals surface area (Å²) >= 11 is 1.55. The highest BCUT2D eigenvalue weighted by Crippen LogP contribution is 2.64. The largest absolute Gasteiger partial charge is 0.494 e. The van der Waals surface area contributed by atoms with E-state index in [9.17, 15) is 9.59 Å². The van der Waals surface area contributed by atoms with Crippen molar-refractivity contribution in [1.82, 2.24) is 34.5 Å². The minimum atomic E-state index is -0.561. The molecule has 208 valence electrons. The van der Waals surface area contributed by atoms with Crippen LogP contribution < -0.4 is 4.74 Å². The lowest BCUT2D eigenvalue weighted by molar-refractivity contribution is -0.132.